The zero-order chi connectivity index (χ0) is 22.1. The van der Waals surface area contributed by atoms with Gasteiger partial charge >= 0.3 is 0 Å². The van der Waals surface area contributed by atoms with Crippen LogP contribution in [0.4, 0.5) is 11.4 Å². The Balaban J connectivity index is 1.48. The van der Waals surface area contributed by atoms with Gasteiger partial charge in [-0.25, -0.2) is 4.98 Å². The summed E-state index contributed by atoms with van der Waals surface area (Å²) in [6, 6.07) is 29.7. The molecule has 1 fully saturated rings. The number of rotatable bonds is 6. The maximum Gasteiger partial charge on any atom is 0.251 e. The molecule has 158 valence electrons. The molecular formula is C26H21N3O3. The highest BCUT2D eigenvalue weighted by atomic mass is 16.5. The number of carbonyl (C=O) groups excluding carboxylic acids is 2. The Morgan fingerprint density at radius 1 is 0.844 bits per heavy atom. The number of nitrogens with two attached hydrogens (primary N) is 1. The van der Waals surface area contributed by atoms with E-state index in [9.17, 15) is 9.59 Å². The Morgan fingerprint density at radius 3 is 2.06 bits per heavy atom. The SMILES string of the molecule is NC(=O)C1(C(=O)N(c2ccccc2)c2ccccc2)CC1Oc1ccc2ccccc2n1. The normalized spacial score (nSPS) is 19.3. The standard InChI is InChI=1S/C26H21N3O3/c27-24(30)26(17-22(26)32-23-16-15-18-9-7-8-14-21(18)28-23)25(31)29(19-10-3-1-4-11-19)20-12-5-2-6-13-20/h1-16,22H,17H2,(H2,27,30). The van der Waals surface area contributed by atoms with Gasteiger partial charge in [-0.1, -0.05) is 54.6 Å². The van der Waals surface area contributed by atoms with Crippen LogP contribution in [0.1, 0.15) is 6.42 Å². The molecule has 1 aliphatic carbocycles. The van der Waals surface area contributed by atoms with Crippen LogP contribution in [0.3, 0.4) is 0 Å². The van der Waals surface area contributed by atoms with Crippen molar-refractivity contribution in [2.24, 2.45) is 11.1 Å². The van der Waals surface area contributed by atoms with Gasteiger partial charge in [0.1, 0.15) is 6.10 Å². The zero-order valence-electron chi connectivity index (χ0n) is 17.2. The smallest absolute Gasteiger partial charge is 0.251 e. The van der Waals surface area contributed by atoms with Crippen molar-refractivity contribution in [3.8, 4) is 5.88 Å². The second kappa shape index (κ2) is 7.81. The first kappa shape index (κ1) is 19.8. The van der Waals surface area contributed by atoms with E-state index in [-0.39, 0.29) is 6.42 Å². The van der Waals surface area contributed by atoms with Gasteiger partial charge in [0, 0.05) is 29.2 Å². The first-order valence-corrected chi connectivity index (χ1v) is 10.4. The van der Waals surface area contributed by atoms with Crippen molar-refractivity contribution in [1.29, 1.82) is 0 Å². The maximum atomic E-state index is 13.8. The van der Waals surface area contributed by atoms with Crippen LogP contribution in [0.2, 0.25) is 0 Å². The number of nitrogens with zero attached hydrogens (tertiary/aromatic N) is 2. The van der Waals surface area contributed by atoms with E-state index in [2.05, 4.69) is 4.98 Å². The number of fused-ring (bicyclic) bond motifs is 1. The third kappa shape index (κ3) is 3.36. The number of anilines is 2. The summed E-state index contributed by atoms with van der Waals surface area (Å²) in [6.07, 6.45) is -0.484. The van der Waals surface area contributed by atoms with Crippen LogP contribution in [-0.4, -0.2) is 22.9 Å². The van der Waals surface area contributed by atoms with Crippen LogP contribution >= 0.6 is 0 Å². The molecule has 0 spiro atoms. The lowest BCUT2D eigenvalue weighted by atomic mass is 10.0. The highest BCUT2D eigenvalue weighted by Gasteiger charge is 2.69. The molecule has 3 aromatic carbocycles. The van der Waals surface area contributed by atoms with Crippen molar-refractivity contribution in [3.05, 3.63) is 97.1 Å². The van der Waals surface area contributed by atoms with E-state index in [1.54, 1.807) is 6.07 Å². The number of benzene rings is 3. The number of hydrogen-bond donors (Lipinski definition) is 1. The predicted octanol–water partition coefficient (Wildman–Crippen LogP) is 4.22. The monoisotopic (exact) mass is 423 g/mol. The van der Waals surface area contributed by atoms with E-state index >= 15 is 0 Å². The quantitative estimate of drug-likeness (QED) is 0.471. The number of para-hydroxylation sites is 3. The lowest BCUT2D eigenvalue weighted by molar-refractivity contribution is -0.134. The van der Waals surface area contributed by atoms with E-state index in [0.29, 0.717) is 17.3 Å². The number of primary amides is 1. The second-order valence-corrected chi connectivity index (χ2v) is 7.80. The van der Waals surface area contributed by atoms with Crippen molar-refractivity contribution >= 4 is 34.1 Å². The second-order valence-electron chi connectivity index (χ2n) is 7.80. The summed E-state index contributed by atoms with van der Waals surface area (Å²) in [4.78, 5) is 32.4. The molecule has 2 N–H and O–H groups in total. The largest absolute Gasteiger partial charge is 0.473 e. The molecule has 1 heterocycles. The predicted molar refractivity (Wildman–Crippen MR) is 122 cm³/mol. The summed E-state index contributed by atoms with van der Waals surface area (Å²) in [6.45, 7) is 0. The maximum absolute atomic E-state index is 13.8. The fraction of sp³-hybridized carbons (Fsp3) is 0.115. The molecule has 4 aromatic rings. The first-order valence-electron chi connectivity index (χ1n) is 10.4. The van der Waals surface area contributed by atoms with Crippen LogP contribution in [0.25, 0.3) is 10.9 Å². The van der Waals surface area contributed by atoms with Gasteiger partial charge in [0.15, 0.2) is 5.41 Å². The highest BCUT2D eigenvalue weighted by molar-refractivity contribution is 6.17. The minimum absolute atomic E-state index is 0.200. The average Bonchev–Trinajstić information content (AvgIpc) is 3.56. The van der Waals surface area contributed by atoms with E-state index in [1.807, 2.05) is 91.0 Å². The first-order chi connectivity index (χ1) is 15.6. The molecule has 0 aliphatic heterocycles. The van der Waals surface area contributed by atoms with Crippen LogP contribution in [-0.2, 0) is 9.59 Å². The Bertz CT molecular complexity index is 1250. The third-order valence-corrected chi connectivity index (χ3v) is 5.79. The minimum atomic E-state index is -1.46. The van der Waals surface area contributed by atoms with Gasteiger partial charge in [-0.15, -0.1) is 0 Å². The highest BCUT2D eigenvalue weighted by Crippen LogP contribution is 2.51. The summed E-state index contributed by atoms with van der Waals surface area (Å²) < 4.78 is 5.99. The van der Waals surface area contributed by atoms with Crippen molar-refractivity contribution in [2.75, 3.05) is 4.90 Å². The van der Waals surface area contributed by atoms with Crippen LogP contribution in [0.5, 0.6) is 5.88 Å². The number of ether oxygens (including phenoxy) is 1. The fourth-order valence-electron chi connectivity index (χ4n) is 3.96. The Kier molecular flexibility index (Phi) is 4.82. The zero-order valence-corrected chi connectivity index (χ0v) is 17.2. The fourth-order valence-corrected chi connectivity index (χ4v) is 3.96. The summed E-state index contributed by atoms with van der Waals surface area (Å²) in [7, 11) is 0. The Morgan fingerprint density at radius 2 is 1.44 bits per heavy atom. The molecule has 6 nitrogen and oxygen atoms in total. The Labute approximate surface area is 185 Å². The van der Waals surface area contributed by atoms with Crippen molar-refractivity contribution in [2.45, 2.75) is 12.5 Å². The molecule has 32 heavy (non-hydrogen) atoms. The summed E-state index contributed by atoms with van der Waals surface area (Å²) in [5.41, 5.74) is 6.39. The van der Waals surface area contributed by atoms with E-state index < -0.39 is 23.3 Å². The molecule has 0 bridgehead atoms. The van der Waals surface area contributed by atoms with Gasteiger partial charge < -0.3 is 10.5 Å². The van der Waals surface area contributed by atoms with E-state index in [4.69, 9.17) is 10.5 Å². The Hall–Kier alpha value is -4.19. The topological polar surface area (TPSA) is 85.5 Å². The van der Waals surface area contributed by atoms with Gasteiger partial charge in [0.25, 0.3) is 5.91 Å². The molecule has 1 aliphatic rings. The van der Waals surface area contributed by atoms with E-state index in [0.717, 1.165) is 10.9 Å². The number of amides is 2. The molecule has 6 heteroatoms. The average molecular weight is 423 g/mol. The molecule has 5 rings (SSSR count). The van der Waals surface area contributed by atoms with Crippen LogP contribution < -0.4 is 15.4 Å². The van der Waals surface area contributed by atoms with Crippen molar-refractivity contribution in [1.82, 2.24) is 4.98 Å². The van der Waals surface area contributed by atoms with Crippen LogP contribution in [0.15, 0.2) is 97.1 Å². The lowest BCUT2D eigenvalue weighted by Gasteiger charge is -2.27. The molecule has 1 saturated carbocycles. The molecule has 0 radical (unpaired) electrons. The molecule has 0 saturated heterocycles. The van der Waals surface area contributed by atoms with Gasteiger partial charge in [-0.05, 0) is 36.4 Å². The molecule has 2 amide bonds. The third-order valence-electron chi connectivity index (χ3n) is 5.79. The number of pyridine rings is 1. The minimum Gasteiger partial charge on any atom is -0.473 e. The van der Waals surface area contributed by atoms with Crippen molar-refractivity contribution < 1.29 is 14.3 Å². The van der Waals surface area contributed by atoms with Gasteiger partial charge in [0.05, 0.1) is 5.52 Å². The number of hydrogen-bond acceptors (Lipinski definition) is 4. The van der Waals surface area contributed by atoms with Gasteiger partial charge in [-0.2, -0.15) is 0 Å². The summed E-state index contributed by atoms with van der Waals surface area (Å²) in [5.74, 6) is -0.756. The van der Waals surface area contributed by atoms with E-state index in [1.165, 1.54) is 4.90 Å². The summed E-state index contributed by atoms with van der Waals surface area (Å²) in [5, 5.41) is 0.979. The number of aromatic nitrogens is 1. The van der Waals surface area contributed by atoms with Crippen LogP contribution in [0, 0.1) is 5.41 Å². The molecular weight excluding hydrogens is 402 g/mol. The molecule has 1 aromatic heterocycles. The summed E-state index contributed by atoms with van der Waals surface area (Å²) >= 11 is 0. The molecule has 2 unspecified atom stereocenters. The molecule has 2 atom stereocenters. The number of carbonyl (C=O) groups is 2. The van der Waals surface area contributed by atoms with Gasteiger partial charge in [0.2, 0.25) is 11.8 Å². The van der Waals surface area contributed by atoms with Gasteiger partial charge in [-0.3, -0.25) is 14.5 Å². The lowest BCUT2D eigenvalue weighted by Crippen LogP contribution is -2.44. The van der Waals surface area contributed by atoms with Crippen molar-refractivity contribution in [3.63, 3.8) is 0 Å².